The van der Waals surface area contributed by atoms with Crippen molar-refractivity contribution in [2.24, 2.45) is 0 Å². The van der Waals surface area contributed by atoms with Gasteiger partial charge >= 0.3 is 0 Å². The van der Waals surface area contributed by atoms with Crippen molar-refractivity contribution in [3.63, 3.8) is 0 Å². The molecule has 0 aromatic heterocycles. The highest BCUT2D eigenvalue weighted by molar-refractivity contribution is 7.92. The Morgan fingerprint density at radius 1 is 1.10 bits per heavy atom. The number of rotatable bonds is 8. The highest BCUT2D eigenvalue weighted by atomic mass is 32.2. The van der Waals surface area contributed by atoms with Crippen molar-refractivity contribution >= 4 is 33.2 Å². The van der Waals surface area contributed by atoms with Crippen LogP contribution in [0.4, 0.5) is 11.4 Å². The normalized spacial score (nSPS) is 14.1. The van der Waals surface area contributed by atoms with E-state index >= 15 is 0 Å². The number of carbonyl (C=O) groups excluding carboxylic acids is 2. The summed E-state index contributed by atoms with van der Waals surface area (Å²) >= 11 is 0. The van der Waals surface area contributed by atoms with Crippen LogP contribution in [0.2, 0.25) is 0 Å². The zero-order valence-corrected chi connectivity index (χ0v) is 17.2. The molecule has 0 unspecified atom stereocenters. The Labute approximate surface area is 171 Å². The van der Waals surface area contributed by atoms with E-state index in [-0.39, 0.29) is 28.0 Å². The third-order valence-corrected chi connectivity index (χ3v) is 6.15. The summed E-state index contributed by atoms with van der Waals surface area (Å²) in [6.45, 7) is 3.20. The number of amides is 2. The van der Waals surface area contributed by atoms with Crippen molar-refractivity contribution in [2.45, 2.75) is 37.5 Å². The van der Waals surface area contributed by atoms with E-state index in [1.54, 1.807) is 41.3 Å². The number of hydrogen-bond donors (Lipinski definition) is 2. The number of sulfonamides is 1. The Hall–Kier alpha value is -2.87. The van der Waals surface area contributed by atoms with E-state index in [1.807, 2.05) is 6.92 Å². The molecule has 0 radical (unpaired) electrons. The van der Waals surface area contributed by atoms with E-state index < -0.39 is 10.0 Å². The molecule has 0 saturated carbocycles. The maximum atomic E-state index is 12.8. The predicted molar refractivity (Wildman–Crippen MR) is 113 cm³/mol. The number of nitrogens with zero attached hydrogens (tertiary/aromatic N) is 1. The Bertz CT molecular complexity index is 987. The summed E-state index contributed by atoms with van der Waals surface area (Å²) in [5.41, 5.74) is 1.17. The minimum Gasteiger partial charge on any atom is -0.352 e. The van der Waals surface area contributed by atoms with Crippen LogP contribution in [0.3, 0.4) is 0 Å². The second-order valence-corrected chi connectivity index (χ2v) is 8.59. The first-order valence-electron chi connectivity index (χ1n) is 9.73. The SMILES string of the molecule is CCCCNC(=O)c1ccccc1NS(=O)(=O)c1ccc(N2CCCC2=O)cc1. The fraction of sp³-hybridized carbons (Fsp3) is 0.333. The van der Waals surface area contributed by atoms with E-state index in [0.717, 1.165) is 19.3 Å². The second kappa shape index (κ2) is 9.09. The minimum atomic E-state index is -3.88. The number of benzene rings is 2. The third kappa shape index (κ3) is 4.95. The van der Waals surface area contributed by atoms with E-state index in [1.165, 1.54) is 12.1 Å². The van der Waals surface area contributed by atoms with E-state index in [9.17, 15) is 18.0 Å². The number of nitrogens with one attached hydrogen (secondary N) is 2. The first-order valence-corrected chi connectivity index (χ1v) is 11.2. The Morgan fingerprint density at radius 2 is 1.83 bits per heavy atom. The maximum absolute atomic E-state index is 12.8. The summed E-state index contributed by atoms with van der Waals surface area (Å²) in [5.74, 6) is -0.276. The van der Waals surface area contributed by atoms with E-state index in [0.29, 0.717) is 25.2 Å². The van der Waals surface area contributed by atoms with Gasteiger partial charge in [-0.05, 0) is 49.2 Å². The number of para-hydroxylation sites is 1. The van der Waals surface area contributed by atoms with Gasteiger partial charge in [0, 0.05) is 25.2 Å². The summed E-state index contributed by atoms with van der Waals surface area (Å²) in [6.07, 6.45) is 3.12. The van der Waals surface area contributed by atoms with E-state index in [2.05, 4.69) is 10.0 Å². The van der Waals surface area contributed by atoms with Gasteiger partial charge in [-0.25, -0.2) is 8.42 Å². The van der Waals surface area contributed by atoms with Gasteiger partial charge in [-0.2, -0.15) is 0 Å². The zero-order valence-electron chi connectivity index (χ0n) is 16.3. The Morgan fingerprint density at radius 3 is 2.48 bits per heavy atom. The molecule has 2 aromatic rings. The first kappa shape index (κ1) is 20.9. The first-order chi connectivity index (χ1) is 13.9. The molecule has 1 aliphatic rings. The molecule has 8 heteroatoms. The molecule has 7 nitrogen and oxygen atoms in total. The summed E-state index contributed by atoms with van der Waals surface area (Å²) in [4.78, 5) is 26.0. The maximum Gasteiger partial charge on any atom is 0.261 e. The van der Waals surface area contributed by atoms with Gasteiger partial charge in [-0.1, -0.05) is 25.5 Å². The lowest BCUT2D eigenvalue weighted by atomic mass is 10.1. The molecule has 0 aliphatic carbocycles. The van der Waals surface area contributed by atoms with Gasteiger partial charge in [0.15, 0.2) is 0 Å². The van der Waals surface area contributed by atoms with Crippen molar-refractivity contribution in [3.8, 4) is 0 Å². The van der Waals surface area contributed by atoms with Gasteiger partial charge in [0.2, 0.25) is 5.91 Å². The summed E-state index contributed by atoms with van der Waals surface area (Å²) in [6, 6.07) is 12.7. The smallest absolute Gasteiger partial charge is 0.261 e. The van der Waals surface area contributed by atoms with Gasteiger partial charge in [-0.15, -0.1) is 0 Å². The monoisotopic (exact) mass is 415 g/mol. The molecule has 0 spiro atoms. The van der Waals surface area contributed by atoms with Crippen LogP contribution >= 0.6 is 0 Å². The van der Waals surface area contributed by atoms with Crippen LogP contribution in [-0.2, 0) is 14.8 Å². The highest BCUT2D eigenvalue weighted by Crippen LogP contribution is 2.25. The van der Waals surface area contributed by atoms with Gasteiger partial charge in [-0.3, -0.25) is 14.3 Å². The lowest BCUT2D eigenvalue weighted by Crippen LogP contribution is -2.26. The van der Waals surface area contributed by atoms with Crippen LogP contribution in [-0.4, -0.2) is 33.3 Å². The fourth-order valence-electron chi connectivity index (χ4n) is 3.17. The summed E-state index contributed by atoms with van der Waals surface area (Å²) < 4.78 is 28.1. The van der Waals surface area contributed by atoms with Gasteiger partial charge < -0.3 is 10.2 Å². The highest BCUT2D eigenvalue weighted by Gasteiger charge is 2.23. The average molecular weight is 416 g/mol. The molecule has 1 aliphatic heterocycles. The molecule has 1 saturated heterocycles. The molecule has 0 bridgehead atoms. The summed E-state index contributed by atoms with van der Waals surface area (Å²) in [5, 5.41) is 2.80. The molecule has 2 amide bonds. The Kier molecular flexibility index (Phi) is 6.53. The molecule has 2 N–H and O–H groups in total. The standard InChI is InChI=1S/C21H25N3O4S/c1-2-3-14-22-21(26)18-7-4-5-8-19(18)23-29(27,28)17-12-10-16(11-13-17)24-15-6-9-20(24)25/h4-5,7-8,10-13,23H,2-3,6,9,14-15H2,1H3,(H,22,26). The van der Waals surface area contributed by atoms with Gasteiger partial charge in [0.1, 0.15) is 0 Å². The lowest BCUT2D eigenvalue weighted by molar-refractivity contribution is -0.117. The summed E-state index contributed by atoms with van der Waals surface area (Å²) in [7, 11) is -3.88. The molecular weight excluding hydrogens is 390 g/mol. The minimum absolute atomic E-state index is 0.0433. The van der Waals surface area contributed by atoms with Crippen molar-refractivity contribution < 1.29 is 18.0 Å². The third-order valence-electron chi connectivity index (χ3n) is 4.76. The molecule has 29 heavy (non-hydrogen) atoms. The number of anilines is 2. The quantitative estimate of drug-likeness (QED) is 0.648. The van der Waals surface area contributed by atoms with Crippen molar-refractivity contribution in [1.29, 1.82) is 0 Å². The largest absolute Gasteiger partial charge is 0.352 e. The lowest BCUT2D eigenvalue weighted by Gasteiger charge is -2.16. The van der Waals surface area contributed by atoms with Crippen LogP contribution in [0.5, 0.6) is 0 Å². The van der Waals surface area contributed by atoms with Crippen LogP contribution in [0.25, 0.3) is 0 Å². The van der Waals surface area contributed by atoms with Crippen molar-refractivity contribution in [3.05, 3.63) is 54.1 Å². The predicted octanol–water partition coefficient (Wildman–Crippen LogP) is 3.14. The molecule has 0 atom stereocenters. The molecule has 1 heterocycles. The Balaban J connectivity index is 1.77. The molecular formula is C21H25N3O4S. The molecule has 154 valence electrons. The van der Waals surface area contributed by atoms with Gasteiger partial charge in [0.25, 0.3) is 15.9 Å². The zero-order chi connectivity index (χ0) is 20.9. The van der Waals surface area contributed by atoms with Crippen molar-refractivity contribution in [1.82, 2.24) is 5.32 Å². The second-order valence-electron chi connectivity index (χ2n) is 6.90. The van der Waals surface area contributed by atoms with Gasteiger partial charge in [0.05, 0.1) is 16.1 Å². The van der Waals surface area contributed by atoms with Crippen LogP contribution in [0, 0.1) is 0 Å². The molecule has 3 rings (SSSR count). The topological polar surface area (TPSA) is 95.6 Å². The van der Waals surface area contributed by atoms with E-state index in [4.69, 9.17) is 0 Å². The average Bonchev–Trinajstić information content (AvgIpc) is 3.14. The molecule has 2 aromatic carbocycles. The number of unbranched alkanes of at least 4 members (excludes halogenated alkanes) is 1. The van der Waals surface area contributed by atoms with Crippen LogP contribution in [0.1, 0.15) is 43.0 Å². The number of hydrogen-bond acceptors (Lipinski definition) is 4. The molecule has 1 fully saturated rings. The van der Waals surface area contributed by atoms with Crippen LogP contribution < -0.4 is 14.9 Å². The van der Waals surface area contributed by atoms with Crippen LogP contribution in [0.15, 0.2) is 53.4 Å². The number of carbonyl (C=O) groups is 2. The fourth-order valence-corrected chi connectivity index (χ4v) is 4.25. The van der Waals surface area contributed by atoms with Crippen molar-refractivity contribution in [2.75, 3.05) is 22.7 Å².